The molecule has 2 aromatic rings. The van der Waals surface area contributed by atoms with Gasteiger partial charge in [-0.15, -0.1) is 0 Å². The van der Waals surface area contributed by atoms with Crippen molar-refractivity contribution in [3.8, 4) is 5.75 Å². The molecule has 1 amide bonds. The lowest BCUT2D eigenvalue weighted by atomic mass is 10.0. The van der Waals surface area contributed by atoms with Crippen molar-refractivity contribution >= 4 is 5.91 Å². The van der Waals surface area contributed by atoms with Gasteiger partial charge >= 0.3 is 0 Å². The van der Waals surface area contributed by atoms with Crippen LogP contribution in [0, 0.1) is 5.82 Å². The van der Waals surface area contributed by atoms with Crippen LogP contribution in [-0.2, 0) is 4.79 Å². The second kappa shape index (κ2) is 12.1. The predicted octanol–water partition coefficient (Wildman–Crippen LogP) is 3.80. The third kappa shape index (κ3) is 6.74. The van der Waals surface area contributed by atoms with Gasteiger partial charge in [-0.25, -0.2) is 4.39 Å². The third-order valence-electron chi connectivity index (χ3n) is 6.74. The molecule has 0 radical (unpaired) electrons. The van der Waals surface area contributed by atoms with Crippen molar-refractivity contribution in [1.82, 2.24) is 20.1 Å². The predicted molar refractivity (Wildman–Crippen MR) is 127 cm³/mol. The zero-order valence-electron chi connectivity index (χ0n) is 19.3. The molecule has 178 valence electrons. The van der Waals surface area contributed by atoms with Crippen molar-refractivity contribution < 1.29 is 13.9 Å². The van der Waals surface area contributed by atoms with Gasteiger partial charge < -0.3 is 15.0 Å². The first-order valence-corrected chi connectivity index (χ1v) is 12.2. The van der Waals surface area contributed by atoms with E-state index in [0.29, 0.717) is 25.3 Å². The number of benzene rings is 1. The number of rotatable bonds is 11. The van der Waals surface area contributed by atoms with Crippen LogP contribution >= 0.6 is 0 Å². The van der Waals surface area contributed by atoms with Crippen LogP contribution in [0.2, 0.25) is 0 Å². The number of hydrogen-bond donors (Lipinski definition) is 1. The second-order valence-corrected chi connectivity index (χ2v) is 8.98. The summed E-state index contributed by atoms with van der Waals surface area (Å²) in [6.45, 7) is 4.98. The van der Waals surface area contributed by atoms with E-state index in [1.54, 1.807) is 12.1 Å². The van der Waals surface area contributed by atoms with Gasteiger partial charge in [0.15, 0.2) is 0 Å². The number of halogens is 1. The Kier molecular flexibility index (Phi) is 8.66. The molecule has 6 nitrogen and oxygen atoms in total. The first-order valence-electron chi connectivity index (χ1n) is 12.2. The van der Waals surface area contributed by atoms with Crippen LogP contribution in [0.4, 0.5) is 4.39 Å². The molecule has 2 aliphatic rings. The summed E-state index contributed by atoms with van der Waals surface area (Å²) in [5, 5.41) is 3.42. The molecule has 0 saturated carbocycles. The molecule has 0 spiro atoms. The monoisotopic (exact) mass is 454 g/mol. The topological polar surface area (TPSA) is 57.7 Å². The number of pyridine rings is 1. The Labute approximate surface area is 196 Å². The summed E-state index contributed by atoms with van der Waals surface area (Å²) in [6.07, 6.45) is 9.99. The van der Waals surface area contributed by atoms with Gasteiger partial charge in [0.2, 0.25) is 5.91 Å². The van der Waals surface area contributed by atoms with Crippen molar-refractivity contribution in [3.05, 3.63) is 60.2 Å². The molecule has 2 fully saturated rings. The molecule has 4 rings (SSSR count). The molecule has 0 unspecified atom stereocenters. The van der Waals surface area contributed by atoms with Crippen LogP contribution < -0.4 is 10.1 Å². The number of hydrogen-bond acceptors (Lipinski definition) is 5. The lowest BCUT2D eigenvalue weighted by Gasteiger charge is -2.38. The maximum atomic E-state index is 13.0. The number of carbonyl (C=O) groups excluding carboxylic acids is 1. The van der Waals surface area contributed by atoms with Gasteiger partial charge in [-0.1, -0.05) is 12.5 Å². The number of nitrogens with one attached hydrogen (secondary N) is 1. The highest BCUT2D eigenvalue weighted by atomic mass is 19.1. The highest BCUT2D eigenvalue weighted by molar-refractivity contribution is 5.78. The summed E-state index contributed by atoms with van der Waals surface area (Å²) in [5.41, 5.74) is 1.20. The second-order valence-electron chi connectivity index (χ2n) is 8.98. The molecular formula is C26H35FN4O2. The summed E-state index contributed by atoms with van der Waals surface area (Å²) in [7, 11) is 0. The number of nitrogens with zero attached hydrogens (tertiary/aromatic N) is 3. The average molecular weight is 455 g/mol. The van der Waals surface area contributed by atoms with E-state index in [1.165, 1.54) is 37.0 Å². The van der Waals surface area contributed by atoms with E-state index in [4.69, 9.17) is 4.74 Å². The minimum atomic E-state index is -0.262. The van der Waals surface area contributed by atoms with E-state index < -0.39 is 0 Å². The van der Waals surface area contributed by atoms with Gasteiger partial charge in [0.05, 0.1) is 6.04 Å². The highest BCUT2D eigenvalue weighted by Gasteiger charge is 2.34. The minimum absolute atomic E-state index is 0.209. The first-order chi connectivity index (χ1) is 16.2. The van der Waals surface area contributed by atoms with Crippen molar-refractivity contribution in [2.45, 2.75) is 50.6 Å². The van der Waals surface area contributed by atoms with Gasteiger partial charge in [-0.2, -0.15) is 0 Å². The molecule has 7 heteroatoms. The minimum Gasteiger partial charge on any atom is -0.492 e. The number of likely N-dealkylation sites (tertiary alicyclic amines) is 2. The number of amides is 1. The summed E-state index contributed by atoms with van der Waals surface area (Å²) in [4.78, 5) is 21.8. The Morgan fingerprint density at radius 1 is 1.12 bits per heavy atom. The number of carbonyl (C=O) groups is 1. The van der Waals surface area contributed by atoms with E-state index in [2.05, 4.69) is 26.2 Å². The fraction of sp³-hybridized carbons (Fsp3) is 0.538. The van der Waals surface area contributed by atoms with Gasteiger partial charge in [-0.05, 0) is 81.2 Å². The molecule has 1 aromatic heterocycles. The van der Waals surface area contributed by atoms with E-state index >= 15 is 0 Å². The van der Waals surface area contributed by atoms with E-state index in [9.17, 15) is 9.18 Å². The molecule has 2 saturated heterocycles. The van der Waals surface area contributed by atoms with Gasteiger partial charge in [0.1, 0.15) is 18.2 Å². The zero-order chi connectivity index (χ0) is 22.9. The fourth-order valence-corrected chi connectivity index (χ4v) is 4.93. The quantitative estimate of drug-likeness (QED) is 0.524. The standard InChI is InChI=1S/C26H35FN4O2/c27-22-6-9-24(10-7-22)33-18-15-28-14-12-23-8-11-26(32)31(23)20-25(21-5-4-13-29-19-21)30-16-2-1-3-17-30/h4-7,9-10,13,19,23,25,28H,1-3,8,11-12,14-18,20H2/t23-,25+/m1/s1. The van der Waals surface area contributed by atoms with Crippen LogP contribution in [0.25, 0.3) is 0 Å². The normalized spacial score (nSPS) is 20.2. The summed E-state index contributed by atoms with van der Waals surface area (Å²) in [6, 6.07) is 10.7. The van der Waals surface area contributed by atoms with Gasteiger partial charge in [0.25, 0.3) is 0 Å². The summed E-state index contributed by atoms with van der Waals surface area (Å²) < 4.78 is 18.6. The number of aromatic nitrogens is 1. The van der Waals surface area contributed by atoms with Crippen molar-refractivity contribution in [2.75, 3.05) is 39.3 Å². The molecule has 2 atom stereocenters. The molecule has 0 aliphatic carbocycles. The first kappa shape index (κ1) is 23.6. The average Bonchev–Trinajstić information content (AvgIpc) is 3.20. The smallest absolute Gasteiger partial charge is 0.222 e. The van der Waals surface area contributed by atoms with Gasteiger partial charge in [0, 0.05) is 37.9 Å². The molecule has 1 aromatic carbocycles. The van der Waals surface area contributed by atoms with Crippen molar-refractivity contribution in [3.63, 3.8) is 0 Å². The van der Waals surface area contributed by atoms with Gasteiger partial charge in [-0.3, -0.25) is 14.7 Å². The van der Waals surface area contributed by atoms with E-state index in [0.717, 1.165) is 39.0 Å². The lowest BCUT2D eigenvalue weighted by molar-refractivity contribution is -0.130. The largest absolute Gasteiger partial charge is 0.492 e. The molecular weight excluding hydrogens is 419 g/mol. The SMILES string of the molecule is O=C1CC[C@H](CCNCCOc2ccc(F)cc2)N1C[C@@H](c1cccnc1)N1CCCCC1. The summed E-state index contributed by atoms with van der Waals surface area (Å²) >= 11 is 0. The Morgan fingerprint density at radius 3 is 2.70 bits per heavy atom. The maximum Gasteiger partial charge on any atom is 0.222 e. The Bertz CT molecular complexity index is 858. The van der Waals surface area contributed by atoms with Crippen LogP contribution in [-0.4, -0.2) is 66.1 Å². The molecule has 2 aliphatic heterocycles. The number of piperidine rings is 1. The lowest BCUT2D eigenvalue weighted by Crippen LogP contribution is -2.44. The Morgan fingerprint density at radius 2 is 1.94 bits per heavy atom. The number of ether oxygens (including phenoxy) is 1. The van der Waals surface area contributed by atoms with Crippen LogP contribution in [0.15, 0.2) is 48.8 Å². The van der Waals surface area contributed by atoms with E-state index in [-0.39, 0.29) is 23.8 Å². The highest BCUT2D eigenvalue weighted by Crippen LogP contribution is 2.29. The van der Waals surface area contributed by atoms with Crippen LogP contribution in [0.3, 0.4) is 0 Å². The molecule has 1 N–H and O–H groups in total. The zero-order valence-corrected chi connectivity index (χ0v) is 19.3. The third-order valence-corrected chi connectivity index (χ3v) is 6.74. The molecule has 3 heterocycles. The Balaban J connectivity index is 1.27. The van der Waals surface area contributed by atoms with Crippen LogP contribution in [0.1, 0.15) is 50.1 Å². The van der Waals surface area contributed by atoms with Crippen LogP contribution in [0.5, 0.6) is 5.75 Å². The van der Waals surface area contributed by atoms with E-state index in [1.807, 2.05) is 18.5 Å². The maximum absolute atomic E-state index is 13.0. The Hall–Kier alpha value is -2.51. The van der Waals surface area contributed by atoms with Crippen molar-refractivity contribution in [2.24, 2.45) is 0 Å². The van der Waals surface area contributed by atoms with Crippen molar-refractivity contribution in [1.29, 1.82) is 0 Å². The molecule has 0 bridgehead atoms. The molecule has 33 heavy (non-hydrogen) atoms. The fourth-order valence-electron chi connectivity index (χ4n) is 4.93. The summed E-state index contributed by atoms with van der Waals surface area (Å²) in [5.74, 6) is 0.678.